The molecule has 0 aliphatic carbocycles. The molecule has 2 aliphatic rings. The van der Waals surface area contributed by atoms with Gasteiger partial charge in [-0.2, -0.15) is 0 Å². The highest BCUT2D eigenvalue weighted by Crippen LogP contribution is 2.10. The van der Waals surface area contributed by atoms with E-state index in [1.165, 1.54) is 0 Å². The van der Waals surface area contributed by atoms with Crippen LogP contribution in [-0.2, 0) is 0 Å². The van der Waals surface area contributed by atoms with Gasteiger partial charge in [-0.1, -0.05) is 6.92 Å². The van der Waals surface area contributed by atoms with Gasteiger partial charge in [0, 0.05) is 72.0 Å². The lowest BCUT2D eigenvalue weighted by atomic mass is 10.1. The number of hydrogen-bond acceptors (Lipinski definition) is 5. The van der Waals surface area contributed by atoms with Gasteiger partial charge >= 0.3 is 0 Å². The van der Waals surface area contributed by atoms with Crippen LogP contribution in [0, 0.1) is 5.92 Å². The zero-order valence-electron chi connectivity index (χ0n) is 18.5. The van der Waals surface area contributed by atoms with Crippen LogP contribution >= 0.6 is 24.0 Å². The number of nitrogens with zero attached hydrogens (tertiary/aromatic N) is 5. The summed E-state index contributed by atoms with van der Waals surface area (Å²) < 4.78 is 5.25. The minimum atomic E-state index is -0.0302. The molecule has 2 saturated heterocycles. The molecule has 2 fully saturated rings. The Morgan fingerprint density at radius 3 is 2.40 bits per heavy atom. The summed E-state index contributed by atoms with van der Waals surface area (Å²) in [5.74, 6) is 1.87. The van der Waals surface area contributed by atoms with Crippen molar-refractivity contribution in [1.82, 2.24) is 24.9 Å². The van der Waals surface area contributed by atoms with Crippen LogP contribution in [-0.4, -0.2) is 111 Å². The van der Waals surface area contributed by atoms with Gasteiger partial charge in [-0.3, -0.25) is 9.79 Å². The van der Waals surface area contributed by atoms with E-state index in [1.807, 2.05) is 4.90 Å². The molecular weight excluding hydrogens is 495 g/mol. The highest BCUT2D eigenvalue weighted by atomic mass is 127. The maximum atomic E-state index is 12.4. The molecule has 1 aromatic heterocycles. The van der Waals surface area contributed by atoms with E-state index in [9.17, 15) is 4.79 Å². The molecule has 1 atom stereocenters. The summed E-state index contributed by atoms with van der Waals surface area (Å²) in [6.07, 6.45) is 1.54. The van der Waals surface area contributed by atoms with Crippen LogP contribution in [0.4, 0.5) is 0 Å². The molecule has 1 unspecified atom stereocenters. The second-order valence-electron chi connectivity index (χ2n) is 8.16. The summed E-state index contributed by atoms with van der Waals surface area (Å²) in [6, 6.07) is 3.48. The molecule has 170 valence electrons. The first kappa shape index (κ1) is 24.9. The zero-order valence-corrected chi connectivity index (χ0v) is 20.9. The second-order valence-corrected chi connectivity index (χ2v) is 8.16. The number of halogens is 1. The maximum absolute atomic E-state index is 12.4. The van der Waals surface area contributed by atoms with Gasteiger partial charge in [0.2, 0.25) is 0 Å². The third-order valence-electron chi connectivity index (χ3n) is 5.65. The van der Waals surface area contributed by atoms with E-state index in [0.717, 1.165) is 64.9 Å². The van der Waals surface area contributed by atoms with Crippen molar-refractivity contribution in [3.05, 3.63) is 24.2 Å². The molecule has 9 heteroatoms. The second kappa shape index (κ2) is 12.5. The Morgan fingerprint density at radius 1 is 1.13 bits per heavy atom. The minimum absolute atomic E-state index is 0. The van der Waals surface area contributed by atoms with Crippen LogP contribution in [0.1, 0.15) is 24.4 Å². The number of piperazine rings is 2. The fourth-order valence-corrected chi connectivity index (χ4v) is 3.87. The molecule has 30 heavy (non-hydrogen) atoms. The van der Waals surface area contributed by atoms with Crippen LogP contribution in [0.5, 0.6) is 0 Å². The molecule has 3 heterocycles. The highest BCUT2D eigenvalue weighted by molar-refractivity contribution is 14.0. The van der Waals surface area contributed by atoms with Crippen LogP contribution in [0.3, 0.4) is 0 Å². The summed E-state index contributed by atoms with van der Waals surface area (Å²) >= 11 is 0. The van der Waals surface area contributed by atoms with E-state index >= 15 is 0 Å². The van der Waals surface area contributed by atoms with Crippen molar-refractivity contribution in [2.45, 2.75) is 13.8 Å². The lowest BCUT2D eigenvalue weighted by Gasteiger charge is -2.36. The van der Waals surface area contributed by atoms with Crippen molar-refractivity contribution in [3.63, 3.8) is 0 Å². The first-order chi connectivity index (χ1) is 14.1. The predicted molar refractivity (Wildman–Crippen MR) is 131 cm³/mol. The van der Waals surface area contributed by atoms with Crippen molar-refractivity contribution in [1.29, 1.82) is 0 Å². The fourth-order valence-electron chi connectivity index (χ4n) is 3.87. The SMILES string of the molecule is CCNC(=NCC(C)CN1CCN(C)CC1)N1CCN(C(=O)c2ccco2)CC1.I. The third kappa shape index (κ3) is 7.12. The van der Waals surface area contributed by atoms with E-state index < -0.39 is 0 Å². The number of carbonyl (C=O) groups is 1. The Hall–Kier alpha value is -1.33. The van der Waals surface area contributed by atoms with Gasteiger partial charge in [0.1, 0.15) is 0 Å². The number of aliphatic imine (C=N–C) groups is 1. The molecule has 0 bridgehead atoms. The molecule has 1 N–H and O–H groups in total. The number of furan rings is 1. The van der Waals surface area contributed by atoms with Crippen molar-refractivity contribution < 1.29 is 9.21 Å². The standard InChI is InChI=1S/C21H36N6O2.HI/c1-4-22-21(23-16-18(2)17-25-9-7-24(3)8-10-25)27-13-11-26(12-14-27)20(28)19-6-5-15-29-19;/h5-6,15,18H,4,7-14,16-17H2,1-3H3,(H,22,23);1H. The summed E-state index contributed by atoms with van der Waals surface area (Å²) in [7, 11) is 2.19. The summed E-state index contributed by atoms with van der Waals surface area (Å²) in [4.78, 5) is 26.4. The van der Waals surface area contributed by atoms with Crippen LogP contribution < -0.4 is 5.32 Å². The number of amides is 1. The molecular formula is C21H37IN6O2. The number of hydrogen-bond donors (Lipinski definition) is 1. The smallest absolute Gasteiger partial charge is 0.289 e. The normalized spacial score (nSPS) is 20.0. The topological polar surface area (TPSA) is 67.6 Å². The summed E-state index contributed by atoms with van der Waals surface area (Å²) in [6.45, 7) is 14.7. The highest BCUT2D eigenvalue weighted by Gasteiger charge is 2.25. The quantitative estimate of drug-likeness (QED) is 0.341. The molecule has 8 nitrogen and oxygen atoms in total. The zero-order chi connectivity index (χ0) is 20.6. The minimum Gasteiger partial charge on any atom is -0.459 e. The number of rotatable bonds is 6. The molecule has 1 aromatic rings. The molecule has 2 aliphatic heterocycles. The summed E-state index contributed by atoms with van der Waals surface area (Å²) in [5.41, 5.74) is 0. The largest absolute Gasteiger partial charge is 0.459 e. The number of likely N-dealkylation sites (N-methyl/N-ethyl adjacent to an activating group) is 1. The van der Waals surface area contributed by atoms with Crippen molar-refractivity contribution in [3.8, 4) is 0 Å². The Bertz CT molecular complexity index is 652. The van der Waals surface area contributed by atoms with Gasteiger partial charge in [0.05, 0.1) is 6.26 Å². The third-order valence-corrected chi connectivity index (χ3v) is 5.65. The molecule has 0 radical (unpaired) electrons. The fraction of sp³-hybridized carbons (Fsp3) is 0.714. The first-order valence-corrected chi connectivity index (χ1v) is 10.8. The van der Waals surface area contributed by atoms with E-state index in [4.69, 9.17) is 9.41 Å². The van der Waals surface area contributed by atoms with Gasteiger partial charge < -0.3 is 29.3 Å². The van der Waals surface area contributed by atoms with E-state index in [2.05, 4.69) is 40.9 Å². The lowest BCUT2D eigenvalue weighted by Crippen LogP contribution is -2.54. The molecule has 3 rings (SSSR count). The Labute approximate surface area is 197 Å². The maximum Gasteiger partial charge on any atom is 0.289 e. The number of nitrogens with one attached hydrogen (secondary N) is 1. The average Bonchev–Trinajstić information content (AvgIpc) is 3.27. The first-order valence-electron chi connectivity index (χ1n) is 10.8. The van der Waals surface area contributed by atoms with Crippen molar-refractivity contribution in [2.75, 3.05) is 79.0 Å². The number of carbonyl (C=O) groups excluding carboxylic acids is 1. The molecule has 0 saturated carbocycles. The van der Waals surface area contributed by atoms with Gasteiger partial charge in [-0.05, 0) is 32.0 Å². The van der Waals surface area contributed by atoms with Gasteiger partial charge in [0.25, 0.3) is 5.91 Å². The van der Waals surface area contributed by atoms with Crippen molar-refractivity contribution in [2.24, 2.45) is 10.9 Å². The molecule has 1 amide bonds. The van der Waals surface area contributed by atoms with E-state index in [0.29, 0.717) is 24.8 Å². The van der Waals surface area contributed by atoms with Crippen LogP contribution in [0.2, 0.25) is 0 Å². The van der Waals surface area contributed by atoms with Crippen molar-refractivity contribution >= 4 is 35.8 Å². The summed E-state index contributed by atoms with van der Waals surface area (Å²) in [5, 5.41) is 3.42. The van der Waals surface area contributed by atoms with Gasteiger partial charge in [-0.15, -0.1) is 24.0 Å². The average molecular weight is 532 g/mol. The monoisotopic (exact) mass is 532 g/mol. The van der Waals surface area contributed by atoms with E-state index in [-0.39, 0.29) is 29.9 Å². The Balaban J connectivity index is 0.00000320. The van der Waals surface area contributed by atoms with Crippen LogP contribution in [0.15, 0.2) is 27.8 Å². The molecule has 0 spiro atoms. The lowest BCUT2D eigenvalue weighted by molar-refractivity contribution is 0.0657. The van der Waals surface area contributed by atoms with E-state index in [1.54, 1.807) is 18.4 Å². The number of guanidine groups is 1. The van der Waals surface area contributed by atoms with Gasteiger partial charge in [-0.25, -0.2) is 0 Å². The Kier molecular flexibility index (Phi) is 10.4. The Morgan fingerprint density at radius 2 is 1.80 bits per heavy atom. The molecule has 0 aromatic carbocycles. The van der Waals surface area contributed by atoms with Crippen LogP contribution in [0.25, 0.3) is 0 Å². The van der Waals surface area contributed by atoms with Gasteiger partial charge in [0.15, 0.2) is 11.7 Å². The predicted octanol–water partition coefficient (Wildman–Crippen LogP) is 1.50.